The Morgan fingerprint density at radius 2 is 1.75 bits per heavy atom. The standard InChI is InChI=1S/C8H16O3S/c1-10-7-3-5-8(6-4-7)12(9)11-2/h7-8H,3-6H2,1-2H3. The number of rotatable bonds is 3. The molecule has 0 aliphatic heterocycles. The molecule has 0 saturated heterocycles. The molecule has 0 radical (unpaired) electrons. The maximum absolute atomic E-state index is 11.2. The van der Waals surface area contributed by atoms with Crippen molar-refractivity contribution in [1.82, 2.24) is 0 Å². The molecule has 12 heavy (non-hydrogen) atoms. The molecule has 0 N–H and O–H groups in total. The first-order valence-electron chi connectivity index (χ1n) is 4.25. The molecular formula is C8H16O3S. The Morgan fingerprint density at radius 1 is 1.17 bits per heavy atom. The summed E-state index contributed by atoms with van der Waals surface area (Å²) >= 11 is -1.09. The summed E-state index contributed by atoms with van der Waals surface area (Å²) < 4.78 is 21.2. The summed E-state index contributed by atoms with van der Waals surface area (Å²) in [4.78, 5) is 0. The van der Waals surface area contributed by atoms with Gasteiger partial charge < -0.3 is 4.74 Å². The minimum absolute atomic E-state index is 0.224. The molecule has 0 aromatic heterocycles. The van der Waals surface area contributed by atoms with Gasteiger partial charge in [-0.25, -0.2) is 4.21 Å². The SMILES string of the molecule is COC1CCC(S(=O)OC)CC1. The molecule has 4 heteroatoms. The van der Waals surface area contributed by atoms with E-state index < -0.39 is 11.1 Å². The molecule has 1 aliphatic rings. The Morgan fingerprint density at radius 3 is 2.17 bits per heavy atom. The smallest absolute Gasteiger partial charge is 0.158 e. The summed E-state index contributed by atoms with van der Waals surface area (Å²) in [6.45, 7) is 0. The summed E-state index contributed by atoms with van der Waals surface area (Å²) in [5, 5.41) is 0.224. The highest BCUT2D eigenvalue weighted by Gasteiger charge is 2.25. The highest BCUT2D eigenvalue weighted by molar-refractivity contribution is 7.80. The minimum atomic E-state index is -1.09. The van der Waals surface area contributed by atoms with Crippen LogP contribution in [0.25, 0.3) is 0 Å². The summed E-state index contributed by atoms with van der Waals surface area (Å²) in [5.41, 5.74) is 0. The van der Waals surface area contributed by atoms with Crippen LogP contribution in [0.5, 0.6) is 0 Å². The first-order valence-corrected chi connectivity index (χ1v) is 5.39. The van der Waals surface area contributed by atoms with Crippen molar-refractivity contribution in [2.75, 3.05) is 14.2 Å². The van der Waals surface area contributed by atoms with Crippen LogP contribution < -0.4 is 0 Å². The molecule has 1 fully saturated rings. The Bertz CT molecular complexity index is 152. The molecule has 1 rings (SSSR count). The van der Waals surface area contributed by atoms with Gasteiger partial charge in [0.15, 0.2) is 11.1 Å². The van der Waals surface area contributed by atoms with E-state index in [0.29, 0.717) is 6.10 Å². The van der Waals surface area contributed by atoms with Gasteiger partial charge >= 0.3 is 0 Å². The molecule has 0 bridgehead atoms. The van der Waals surface area contributed by atoms with Crippen LogP contribution in [-0.2, 0) is 20.0 Å². The first kappa shape index (κ1) is 10.2. The van der Waals surface area contributed by atoms with Gasteiger partial charge in [-0.1, -0.05) is 0 Å². The molecule has 3 nitrogen and oxygen atoms in total. The van der Waals surface area contributed by atoms with Gasteiger partial charge in [0.25, 0.3) is 0 Å². The van der Waals surface area contributed by atoms with E-state index in [1.165, 1.54) is 7.11 Å². The van der Waals surface area contributed by atoms with Crippen LogP contribution in [0, 0.1) is 0 Å². The molecule has 0 amide bonds. The first-order chi connectivity index (χ1) is 5.77. The lowest BCUT2D eigenvalue weighted by Crippen LogP contribution is -2.27. The number of methoxy groups -OCH3 is 1. The zero-order chi connectivity index (χ0) is 8.97. The van der Waals surface area contributed by atoms with Crippen LogP contribution in [0.1, 0.15) is 25.7 Å². The van der Waals surface area contributed by atoms with Crippen LogP contribution in [0.4, 0.5) is 0 Å². The van der Waals surface area contributed by atoms with Crippen LogP contribution in [0.15, 0.2) is 0 Å². The normalized spacial score (nSPS) is 33.2. The average Bonchev–Trinajstić information content (AvgIpc) is 2.17. The second kappa shape index (κ2) is 4.94. The van der Waals surface area contributed by atoms with Crippen molar-refractivity contribution in [2.45, 2.75) is 37.0 Å². The predicted molar refractivity (Wildman–Crippen MR) is 48.2 cm³/mol. The highest BCUT2D eigenvalue weighted by Crippen LogP contribution is 2.24. The van der Waals surface area contributed by atoms with Crippen molar-refractivity contribution in [3.05, 3.63) is 0 Å². The average molecular weight is 192 g/mol. The molecule has 0 aromatic rings. The third-order valence-corrected chi connectivity index (χ3v) is 3.74. The lowest BCUT2D eigenvalue weighted by atomic mass is 9.97. The molecule has 1 aliphatic carbocycles. The third kappa shape index (κ3) is 2.54. The fourth-order valence-electron chi connectivity index (χ4n) is 1.60. The second-order valence-corrected chi connectivity index (χ2v) is 4.58. The molecule has 0 spiro atoms. The Labute approximate surface area is 76.1 Å². The van der Waals surface area contributed by atoms with Gasteiger partial charge in [0, 0.05) is 7.11 Å². The Kier molecular flexibility index (Phi) is 4.18. The lowest BCUT2D eigenvalue weighted by Gasteiger charge is -2.25. The fraction of sp³-hybridized carbons (Fsp3) is 1.00. The van der Waals surface area contributed by atoms with Crippen LogP contribution in [0.3, 0.4) is 0 Å². The van der Waals surface area contributed by atoms with Crippen LogP contribution in [-0.4, -0.2) is 29.8 Å². The van der Waals surface area contributed by atoms with Crippen molar-refractivity contribution >= 4 is 11.1 Å². The molecule has 0 heterocycles. The van der Waals surface area contributed by atoms with E-state index in [9.17, 15) is 4.21 Å². The molecule has 72 valence electrons. The summed E-state index contributed by atoms with van der Waals surface area (Å²) in [6.07, 6.45) is 4.31. The monoisotopic (exact) mass is 192 g/mol. The van der Waals surface area contributed by atoms with E-state index in [4.69, 9.17) is 8.92 Å². The van der Waals surface area contributed by atoms with Crippen LogP contribution in [0.2, 0.25) is 0 Å². The zero-order valence-corrected chi connectivity index (χ0v) is 8.43. The third-order valence-electron chi connectivity index (χ3n) is 2.39. The van der Waals surface area contributed by atoms with E-state index in [0.717, 1.165) is 25.7 Å². The summed E-state index contributed by atoms with van der Waals surface area (Å²) in [6, 6.07) is 0. The molecule has 1 atom stereocenters. The minimum Gasteiger partial charge on any atom is -0.381 e. The fourth-order valence-corrected chi connectivity index (χ4v) is 2.53. The molecule has 1 unspecified atom stereocenters. The quantitative estimate of drug-likeness (QED) is 0.675. The van der Waals surface area contributed by atoms with Gasteiger partial charge in [0.05, 0.1) is 18.5 Å². The topological polar surface area (TPSA) is 35.5 Å². The Balaban J connectivity index is 2.30. The largest absolute Gasteiger partial charge is 0.381 e. The molecular weight excluding hydrogens is 176 g/mol. The van der Waals surface area contributed by atoms with Crippen molar-refractivity contribution in [3.8, 4) is 0 Å². The van der Waals surface area contributed by atoms with E-state index in [-0.39, 0.29) is 5.25 Å². The maximum Gasteiger partial charge on any atom is 0.158 e. The number of hydrogen-bond donors (Lipinski definition) is 0. The zero-order valence-electron chi connectivity index (χ0n) is 7.62. The predicted octanol–water partition coefficient (Wildman–Crippen LogP) is 1.25. The van der Waals surface area contributed by atoms with Crippen molar-refractivity contribution in [1.29, 1.82) is 0 Å². The van der Waals surface area contributed by atoms with Gasteiger partial charge in [-0.15, -0.1) is 0 Å². The van der Waals surface area contributed by atoms with Gasteiger partial charge in [-0.3, -0.25) is 4.18 Å². The van der Waals surface area contributed by atoms with Gasteiger partial charge in [-0.2, -0.15) is 0 Å². The lowest BCUT2D eigenvalue weighted by molar-refractivity contribution is 0.0715. The van der Waals surface area contributed by atoms with E-state index in [1.807, 2.05) is 0 Å². The van der Waals surface area contributed by atoms with E-state index in [1.54, 1.807) is 7.11 Å². The van der Waals surface area contributed by atoms with Gasteiger partial charge in [0.2, 0.25) is 0 Å². The van der Waals surface area contributed by atoms with Crippen LogP contribution >= 0.6 is 0 Å². The van der Waals surface area contributed by atoms with E-state index >= 15 is 0 Å². The van der Waals surface area contributed by atoms with Crippen molar-refractivity contribution in [3.63, 3.8) is 0 Å². The molecule has 1 saturated carbocycles. The van der Waals surface area contributed by atoms with E-state index in [2.05, 4.69) is 0 Å². The van der Waals surface area contributed by atoms with Gasteiger partial charge in [0.1, 0.15) is 0 Å². The molecule has 0 aromatic carbocycles. The second-order valence-electron chi connectivity index (χ2n) is 3.06. The van der Waals surface area contributed by atoms with Crippen molar-refractivity contribution < 1.29 is 13.1 Å². The summed E-state index contributed by atoms with van der Waals surface area (Å²) in [7, 11) is 3.23. The Hall–Kier alpha value is 0.0700. The van der Waals surface area contributed by atoms with Gasteiger partial charge in [-0.05, 0) is 25.7 Å². The number of ether oxygens (including phenoxy) is 1. The number of hydrogen-bond acceptors (Lipinski definition) is 3. The summed E-state index contributed by atoms with van der Waals surface area (Å²) in [5.74, 6) is 0. The van der Waals surface area contributed by atoms with Crippen molar-refractivity contribution in [2.24, 2.45) is 0 Å². The maximum atomic E-state index is 11.2. The highest BCUT2D eigenvalue weighted by atomic mass is 32.2.